The fourth-order valence-corrected chi connectivity index (χ4v) is 2.87. The van der Waals surface area contributed by atoms with Crippen LogP contribution >= 0.6 is 0 Å². The van der Waals surface area contributed by atoms with Crippen molar-refractivity contribution in [3.8, 4) is 0 Å². The Morgan fingerprint density at radius 2 is 1.72 bits per heavy atom. The number of aromatic nitrogens is 1. The third-order valence-corrected chi connectivity index (χ3v) is 4.38. The zero-order valence-corrected chi connectivity index (χ0v) is 16.2. The SMILES string of the molecule is COC(=O)c1ccccc1Nc1ccc(C(=O)NCCCc2ccccc2)nc1. The highest BCUT2D eigenvalue weighted by Gasteiger charge is 2.12. The molecule has 1 heterocycles. The van der Waals surface area contributed by atoms with E-state index in [1.807, 2.05) is 24.3 Å². The number of ether oxygens (including phenoxy) is 1. The first-order valence-electron chi connectivity index (χ1n) is 9.40. The number of pyridine rings is 1. The lowest BCUT2D eigenvalue weighted by molar-refractivity contribution is 0.0601. The molecule has 0 bridgehead atoms. The van der Waals surface area contributed by atoms with Gasteiger partial charge in [0.25, 0.3) is 5.91 Å². The third kappa shape index (κ3) is 5.65. The second kappa shape index (κ2) is 10.0. The van der Waals surface area contributed by atoms with E-state index in [2.05, 4.69) is 27.8 Å². The average Bonchev–Trinajstić information content (AvgIpc) is 2.77. The number of carbonyl (C=O) groups excluding carboxylic acids is 2. The Hall–Kier alpha value is -3.67. The lowest BCUT2D eigenvalue weighted by Gasteiger charge is -2.11. The normalized spacial score (nSPS) is 10.2. The van der Waals surface area contributed by atoms with E-state index in [0.29, 0.717) is 29.2 Å². The predicted molar refractivity (Wildman–Crippen MR) is 112 cm³/mol. The van der Waals surface area contributed by atoms with Crippen LogP contribution in [0.5, 0.6) is 0 Å². The van der Waals surface area contributed by atoms with E-state index in [9.17, 15) is 9.59 Å². The number of para-hydroxylation sites is 1. The van der Waals surface area contributed by atoms with E-state index < -0.39 is 5.97 Å². The topological polar surface area (TPSA) is 80.3 Å². The highest BCUT2D eigenvalue weighted by atomic mass is 16.5. The second-order valence-electron chi connectivity index (χ2n) is 6.44. The molecule has 0 saturated carbocycles. The van der Waals surface area contributed by atoms with Crippen molar-refractivity contribution >= 4 is 23.3 Å². The van der Waals surface area contributed by atoms with Gasteiger partial charge in [-0.2, -0.15) is 0 Å². The van der Waals surface area contributed by atoms with Crippen molar-refractivity contribution in [2.24, 2.45) is 0 Å². The van der Waals surface area contributed by atoms with Crippen LogP contribution in [0, 0.1) is 0 Å². The summed E-state index contributed by atoms with van der Waals surface area (Å²) in [5.41, 5.74) is 3.30. The van der Waals surface area contributed by atoms with Gasteiger partial charge in [-0.05, 0) is 42.7 Å². The van der Waals surface area contributed by atoms with Crippen LogP contribution in [-0.2, 0) is 11.2 Å². The number of nitrogens with zero attached hydrogens (tertiary/aromatic N) is 1. The zero-order chi connectivity index (χ0) is 20.5. The first-order chi connectivity index (χ1) is 14.2. The van der Waals surface area contributed by atoms with Gasteiger partial charge in [-0.25, -0.2) is 9.78 Å². The summed E-state index contributed by atoms with van der Waals surface area (Å²) < 4.78 is 4.79. The van der Waals surface area contributed by atoms with E-state index in [1.165, 1.54) is 12.7 Å². The number of nitrogens with one attached hydrogen (secondary N) is 2. The van der Waals surface area contributed by atoms with E-state index >= 15 is 0 Å². The number of carbonyl (C=O) groups is 2. The van der Waals surface area contributed by atoms with Crippen LogP contribution in [0.1, 0.15) is 32.8 Å². The molecule has 1 aromatic heterocycles. The number of methoxy groups -OCH3 is 1. The molecule has 0 saturated heterocycles. The largest absolute Gasteiger partial charge is 0.465 e. The van der Waals surface area contributed by atoms with E-state index in [4.69, 9.17) is 4.74 Å². The molecule has 0 aliphatic rings. The van der Waals surface area contributed by atoms with Crippen LogP contribution in [0.4, 0.5) is 11.4 Å². The molecule has 2 N–H and O–H groups in total. The van der Waals surface area contributed by atoms with Crippen molar-refractivity contribution in [3.63, 3.8) is 0 Å². The van der Waals surface area contributed by atoms with Crippen LogP contribution in [0.25, 0.3) is 0 Å². The maximum absolute atomic E-state index is 12.3. The molecule has 0 fully saturated rings. The molecular weight excluding hydrogens is 366 g/mol. The van der Waals surface area contributed by atoms with Gasteiger partial charge >= 0.3 is 5.97 Å². The Morgan fingerprint density at radius 3 is 2.45 bits per heavy atom. The number of anilines is 2. The van der Waals surface area contributed by atoms with Gasteiger partial charge in [0, 0.05) is 6.54 Å². The summed E-state index contributed by atoms with van der Waals surface area (Å²) in [5, 5.41) is 6.02. The average molecular weight is 389 g/mol. The monoisotopic (exact) mass is 389 g/mol. The molecule has 1 amide bonds. The number of amides is 1. The maximum Gasteiger partial charge on any atom is 0.339 e. The Balaban J connectivity index is 1.53. The number of benzene rings is 2. The van der Waals surface area contributed by atoms with E-state index in [-0.39, 0.29) is 5.91 Å². The molecule has 0 aliphatic carbocycles. The van der Waals surface area contributed by atoms with Gasteiger partial charge in [-0.1, -0.05) is 42.5 Å². The lowest BCUT2D eigenvalue weighted by atomic mass is 10.1. The van der Waals surface area contributed by atoms with Crippen LogP contribution in [-0.4, -0.2) is 30.5 Å². The minimum atomic E-state index is -0.424. The summed E-state index contributed by atoms with van der Waals surface area (Å²) in [6.45, 7) is 0.585. The molecular formula is C23H23N3O3. The summed E-state index contributed by atoms with van der Waals surface area (Å²) in [5.74, 6) is -0.632. The zero-order valence-electron chi connectivity index (χ0n) is 16.2. The van der Waals surface area contributed by atoms with E-state index in [0.717, 1.165) is 12.8 Å². The van der Waals surface area contributed by atoms with Crippen molar-refractivity contribution in [2.45, 2.75) is 12.8 Å². The number of esters is 1. The summed E-state index contributed by atoms with van der Waals surface area (Å²) in [6.07, 6.45) is 3.34. The van der Waals surface area contributed by atoms with Gasteiger partial charge < -0.3 is 15.4 Å². The molecule has 6 heteroatoms. The quantitative estimate of drug-likeness (QED) is 0.450. The molecule has 0 aliphatic heterocycles. The minimum absolute atomic E-state index is 0.209. The number of hydrogen-bond donors (Lipinski definition) is 2. The summed E-state index contributed by atoms with van der Waals surface area (Å²) >= 11 is 0. The van der Waals surface area contributed by atoms with Crippen molar-refractivity contribution in [1.82, 2.24) is 10.3 Å². The summed E-state index contributed by atoms with van der Waals surface area (Å²) in [7, 11) is 1.34. The Morgan fingerprint density at radius 1 is 0.966 bits per heavy atom. The fourth-order valence-electron chi connectivity index (χ4n) is 2.87. The molecule has 3 rings (SSSR count). The Kier molecular flexibility index (Phi) is 6.95. The molecule has 29 heavy (non-hydrogen) atoms. The van der Waals surface area contributed by atoms with Gasteiger partial charge in [0.1, 0.15) is 5.69 Å². The van der Waals surface area contributed by atoms with E-state index in [1.54, 1.807) is 36.5 Å². The van der Waals surface area contributed by atoms with Gasteiger partial charge in [-0.15, -0.1) is 0 Å². The van der Waals surface area contributed by atoms with Crippen molar-refractivity contribution < 1.29 is 14.3 Å². The third-order valence-electron chi connectivity index (χ3n) is 4.38. The van der Waals surface area contributed by atoms with Gasteiger partial charge in [0.2, 0.25) is 0 Å². The van der Waals surface area contributed by atoms with Crippen LogP contribution < -0.4 is 10.6 Å². The standard InChI is InChI=1S/C23H23N3O3/c1-29-23(28)19-11-5-6-12-20(19)26-18-13-14-21(25-16-18)22(27)24-15-7-10-17-8-3-2-4-9-17/h2-6,8-9,11-14,16,26H,7,10,15H2,1H3,(H,24,27). The Labute approximate surface area is 169 Å². The first-order valence-corrected chi connectivity index (χ1v) is 9.40. The molecule has 3 aromatic rings. The molecule has 2 aromatic carbocycles. The lowest BCUT2D eigenvalue weighted by Crippen LogP contribution is -2.25. The first kappa shape index (κ1) is 20.1. The van der Waals surface area contributed by atoms with Crippen LogP contribution in [0.3, 0.4) is 0 Å². The van der Waals surface area contributed by atoms with Crippen molar-refractivity contribution in [3.05, 3.63) is 89.7 Å². The number of hydrogen-bond acceptors (Lipinski definition) is 5. The number of rotatable bonds is 8. The molecule has 0 spiro atoms. The van der Waals surface area contributed by atoms with Crippen molar-refractivity contribution in [2.75, 3.05) is 19.0 Å². The van der Waals surface area contributed by atoms with Crippen molar-refractivity contribution in [1.29, 1.82) is 0 Å². The molecule has 0 unspecified atom stereocenters. The molecule has 148 valence electrons. The second-order valence-corrected chi connectivity index (χ2v) is 6.44. The molecule has 6 nitrogen and oxygen atoms in total. The van der Waals surface area contributed by atoms with Crippen LogP contribution in [0.2, 0.25) is 0 Å². The predicted octanol–water partition coefficient (Wildman–Crippen LogP) is 3.97. The summed E-state index contributed by atoms with van der Waals surface area (Å²) in [4.78, 5) is 28.3. The smallest absolute Gasteiger partial charge is 0.339 e. The van der Waals surface area contributed by atoms with Gasteiger partial charge in [0.15, 0.2) is 0 Å². The highest BCUT2D eigenvalue weighted by Crippen LogP contribution is 2.21. The molecule has 0 radical (unpaired) electrons. The van der Waals surface area contributed by atoms with Crippen LogP contribution in [0.15, 0.2) is 72.9 Å². The highest BCUT2D eigenvalue weighted by molar-refractivity contribution is 5.96. The molecule has 0 atom stereocenters. The van der Waals surface area contributed by atoms with Gasteiger partial charge in [0.05, 0.1) is 30.2 Å². The fraction of sp³-hybridized carbons (Fsp3) is 0.174. The minimum Gasteiger partial charge on any atom is -0.465 e. The maximum atomic E-state index is 12.3. The Bertz CT molecular complexity index is 957. The summed E-state index contributed by atoms with van der Waals surface area (Å²) in [6, 6.07) is 20.6. The van der Waals surface area contributed by atoms with Gasteiger partial charge in [-0.3, -0.25) is 4.79 Å². The number of aryl methyl sites for hydroxylation is 1.